The van der Waals surface area contributed by atoms with Gasteiger partial charge in [-0.1, -0.05) is 12.1 Å². The summed E-state index contributed by atoms with van der Waals surface area (Å²) in [5, 5.41) is 8.37. The molecule has 1 amide bonds. The van der Waals surface area contributed by atoms with Crippen molar-refractivity contribution in [1.82, 2.24) is 25.0 Å². The molecule has 2 aromatic heterocycles. The number of sulfone groups is 1. The third kappa shape index (κ3) is 5.09. The van der Waals surface area contributed by atoms with E-state index >= 15 is 0 Å². The normalized spacial score (nSPS) is 20.0. The zero-order valence-corrected chi connectivity index (χ0v) is 21.4. The van der Waals surface area contributed by atoms with Gasteiger partial charge in [0.15, 0.2) is 15.5 Å². The van der Waals surface area contributed by atoms with Crippen LogP contribution in [0.4, 0.5) is 0 Å². The van der Waals surface area contributed by atoms with Crippen LogP contribution in [0, 0.1) is 6.92 Å². The lowest BCUT2D eigenvalue weighted by atomic mass is 10.0. The number of nitrogens with zero attached hydrogens (tertiary/aromatic N) is 4. The van der Waals surface area contributed by atoms with E-state index in [2.05, 4.69) is 15.3 Å². The number of pyridine rings is 1. The monoisotopic (exact) mass is 513 g/mol. The first kappa shape index (κ1) is 24.7. The topological polar surface area (TPSA) is 116 Å². The second-order valence-electron chi connectivity index (χ2n) is 9.28. The van der Waals surface area contributed by atoms with E-state index in [0.29, 0.717) is 59.9 Å². The van der Waals surface area contributed by atoms with Crippen molar-refractivity contribution in [1.29, 1.82) is 0 Å². The van der Waals surface area contributed by atoms with Crippen molar-refractivity contribution < 1.29 is 22.7 Å². The van der Waals surface area contributed by atoms with E-state index < -0.39 is 9.84 Å². The Labute approximate surface area is 210 Å². The SMILES string of the molecule is COc1cccc(-c2cc(C(=O)NCCN3CCOCC3)c3c(C)nn(C4CCS(=O)(=O)C4)c3n2)c1. The number of aryl methyl sites for hydroxylation is 1. The molecule has 1 N–H and O–H groups in total. The number of carbonyl (C=O) groups is 1. The number of hydrogen-bond donors (Lipinski definition) is 1. The molecule has 36 heavy (non-hydrogen) atoms. The van der Waals surface area contributed by atoms with Gasteiger partial charge in [0.2, 0.25) is 0 Å². The van der Waals surface area contributed by atoms with E-state index in [4.69, 9.17) is 14.5 Å². The predicted octanol–water partition coefficient (Wildman–Crippen LogP) is 1.84. The van der Waals surface area contributed by atoms with Gasteiger partial charge >= 0.3 is 0 Å². The van der Waals surface area contributed by atoms with Crippen LogP contribution >= 0.6 is 0 Å². The van der Waals surface area contributed by atoms with Crippen molar-refractivity contribution in [3.8, 4) is 17.0 Å². The Balaban J connectivity index is 1.53. The van der Waals surface area contributed by atoms with Crippen molar-refractivity contribution in [2.75, 3.05) is 58.0 Å². The third-order valence-corrected chi connectivity index (χ3v) is 8.57. The van der Waals surface area contributed by atoms with Gasteiger partial charge in [-0.15, -0.1) is 0 Å². The number of fused-ring (bicyclic) bond motifs is 1. The van der Waals surface area contributed by atoms with Gasteiger partial charge in [-0.25, -0.2) is 18.1 Å². The molecule has 1 atom stereocenters. The third-order valence-electron chi connectivity index (χ3n) is 6.82. The van der Waals surface area contributed by atoms with Crippen LogP contribution in [-0.2, 0) is 14.6 Å². The maximum Gasteiger partial charge on any atom is 0.252 e. The number of methoxy groups -OCH3 is 1. The van der Waals surface area contributed by atoms with E-state index in [-0.39, 0.29) is 23.5 Å². The molecule has 0 spiro atoms. The lowest BCUT2D eigenvalue weighted by molar-refractivity contribution is 0.0383. The molecule has 5 rings (SSSR count). The maximum atomic E-state index is 13.5. The molecule has 10 nitrogen and oxygen atoms in total. The Morgan fingerprint density at radius 2 is 2.06 bits per heavy atom. The molecule has 2 aliphatic heterocycles. The van der Waals surface area contributed by atoms with Gasteiger partial charge in [0.05, 0.1) is 60.2 Å². The van der Waals surface area contributed by atoms with Crippen LogP contribution in [0.1, 0.15) is 28.5 Å². The summed E-state index contributed by atoms with van der Waals surface area (Å²) in [7, 11) is -1.52. The molecule has 4 heterocycles. The molecule has 3 aromatic rings. The minimum Gasteiger partial charge on any atom is -0.497 e. The molecule has 2 saturated heterocycles. The largest absolute Gasteiger partial charge is 0.497 e. The van der Waals surface area contributed by atoms with E-state index in [9.17, 15) is 13.2 Å². The fraction of sp³-hybridized carbons (Fsp3) is 0.480. The summed E-state index contributed by atoms with van der Waals surface area (Å²) in [6.07, 6.45) is 0.477. The highest BCUT2D eigenvalue weighted by Gasteiger charge is 2.32. The lowest BCUT2D eigenvalue weighted by Crippen LogP contribution is -2.41. The van der Waals surface area contributed by atoms with Crippen molar-refractivity contribution in [3.63, 3.8) is 0 Å². The smallest absolute Gasteiger partial charge is 0.252 e. The molecule has 0 bridgehead atoms. The molecular weight excluding hydrogens is 482 g/mol. The minimum absolute atomic E-state index is 0.0232. The van der Waals surface area contributed by atoms with E-state index in [0.717, 1.165) is 25.2 Å². The average Bonchev–Trinajstić information content (AvgIpc) is 3.42. The second kappa shape index (κ2) is 10.2. The quantitative estimate of drug-likeness (QED) is 0.509. The Morgan fingerprint density at radius 3 is 2.78 bits per heavy atom. The fourth-order valence-electron chi connectivity index (χ4n) is 4.89. The van der Waals surface area contributed by atoms with Crippen molar-refractivity contribution >= 4 is 26.8 Å². The van der Waals surface area contributed by atoms with Crippen LogP contribution in [0.25, 0.3) is 22.3 Å². The van der Waals surface area contributed by atoms with Gasteiger partial charge < -0.3 is 14.8 Å². The first-order valence-electron chi connectivity index (χ1n) is 12.2. The zero-order valence-electron chi connectivity index (χ0n) is 20.6. The summed E-state index contributed by atoms with van der Waals surface area (Å²) < 4.78 is 36.8. The Bertz CT molecular complexity index is 1380. The fourth-order valence-corrected chi connectivity index (χ4v) is 6.58. The zero-order chi connectivity index (χ0) is 25.3. The highest BCUT2D eigenvalue weighted by molar-refractivity contribution is 7.91. The molecule has 192 valence electrons. The van der Waals surface area contributed by atoms with Crippen LogP contribution in [0.5, 0.6) is 5.75 Å². The van der Waals surface area contributed by atoms with Crippen molar-refractivity contribution in [2.24, 2.45) is 0 Å². The summed E-state index contributed by atoms with van der Waals surface area (Å²) in [6.45, 7) is 6.20. The lowest BCUT2D eigenvalue weighted by Gasteiger charge is -2.26. The standard InChI is InChI=1S/C25H31N5O5S/c1-17-23-21(25(31)26-7-8-29-9-11-35-12-10-29)15-22(18-4-3-5-20(14-18)34-2)27-24(23)30(28-17)19-6-13-36(32,33)16-19/h3-5,14-15,19H,6-13,16H2,1-2H3,(H,26,31). The number of hydrogen-bond acceptors (Lipinski definition) is 8. The van der Waals surface area contributed by atoms with Gasteiger partial charge in [-0.05, 0) is 31.5 Å². The van der Waals surface area contributed by atoms with E-state index in [1.807, 2.05) is 31.2 Å². The van der Waals surface area contributed by atoms with Crippen molar-refractivity contribution in [3.05, 3.63) is 41.6 Å². The number of morpholine rings is 1. The van der Waals surface area contributed by atoms with Crippen LogP contribution < -0.4 is 10.1 Å². The van der Waals surface area contributed by atoms with Gasteiger partial charge in [0.25, 0.3) is 5.91 Å². The number of rotatable bonds is 7. The van der Waals surface area contributed by atoms with Crippen LogP contribution in [-0.4, -0.2) is 92.0 Å². The predicted molar refractivity (Wildman–Crippen MR) is 136 cm³/mol. The summed E-state index contributed by atoms with van der Waals surface area (Å²) in [6, 6.07) is 8.96. The summed E-state index contributed by atoms with van der Waals surface area (Å²) >= 11 is 0. The van der Waals surface area contributed by atoms with Crippen LogP contribution in [0.3, 0.4) is 0 Å². The van der Waals surface area contributed by atoms with E-state index in [1.54, 1.807) is 17.9 Å². The molecule has 1 unspecified atom stereocenters. The highest BCUT2D eigenvalue weighted by atomic mass is 32.2. The molecule has 0 aliphatic carbocycles. The number of ether oxygens (including phenoxy) is 2. The Kier molecular flexibility index (Phi) is 6.96. The summed E-state index contributed by atoms with van der Waals surface area (Å²) in [5.74, 6) is 0.622. The molecule has 2 fully saturated rings. The average molecular weight is 514 g/mol. The van der Waals surface area contributed by atoms with Gasteiger partial charge in [0.1, 0.15) is 5.75 Å². The number of carbonyl (C=O) groups excluding carboxylic acids is 1. The molecule has 2 aliphatic rings. The van der Waals surface area contributed by atoms with Crippen LogP contribution in [0.2, 0.25) is 0 Å². The second-order valence-corrected chi connectivity index (χ2v) is 11.5. The Hall–Kier alpha value is -3.02. The molecule has 0 saturated carbocycles. The summed E-state index contributed by atoms with van der Waals surface area (Å²) in [4.78, 5) is 20.6. The minimum atomic E-state index is -3.12. The molecule has 1 aromatic carbocycles. The number of aromatic nitrogens is 3. The molecule has 0 radical (unpaired) electrons. The first-order valence-corrected chi connectivity index (χ1v) is 14.0. The van der Waals surface area contributed by atoms with Crippen molar-refractivity contribution in [2.45, 2.75) is 19.4 Å². The van der Waals surface area contributed by atoms with Gasteiger partial charge in [0, 0.05) is 31.7 Å². The highest BCUT2D eigenvalue weighted by Crippen LogP contribution is 2.32. The maximum absolute atomic E-state index is 13.5. The molecule has 11 heteroatoms. The van der Waals surface area contributed by atoms with E-state index in [1.165, 1.54) is 0 Å². The van der Waals surface area contributed by atoms with Crippen LogP contribution in [0.15, 0.2) is 30.3 Å². The Morgan fingerprint density at radius 1 is 1.25 bits per heavy atom. The number of amides is 1. The number of benzene rings is 1. The molecular formula is C25H31N5O5S. The first-order chi connectivity index (χ1) is 17.3. The van der Waals surface area contributed by atoms with Gasteiger partial charge in [-0.2, -0.15) is 5.10 Å². The summed E-state index contributed by atoms with van der Waals surface area (Å²) in [5.41, 5.74) is 3.04. The number of nitrogens with one attached hydrogen (secondary N) is 1. The van der Waals surface area contributed by atoms with Gasteiger partial charge in [-0.3, -0.25) is 9.69 Å².